The fraction of sp³-hybridized carbons (Fsp3) is 0.150. The number of aromatic nitrogens is 2. The van der Waals surface area contributed by atoms with Crippen LogP contribution in [0.5, 0.6) is 0 Å². The van der Waals surface area contributed by atoms with Crippen molar-refractivity contribution in [3.8, 4) is 0 Å². The lowest BCUT2D eigenvalue weighted by atomic mass is 10.0. The highest BCUT2D eigenvalue weighted by atomic mass is 16.3. The van der Waals surface area contributed by atoms with Crippen molar-refractivity contribution in [2.75, 3.05) is 6.61 Å². The smallest absolute Gasteiger partial charge is 0.114 e. The number of hydrogen-bond donors (Lipinski definition) is 1. The molecule has 0 aliphatic heterocycles. The van der Waals surface area contributed by atoms with E-state index in [1.165, 1.54) is 16.3 Å². The number of nitrogens with zero attached hydrogens (tertiary/aromatic N) is 2. The van der Waals surface area contributed by atoms with Gasteiger partial charge in [-0.25, -0.2) is 4.98 Å². The molecular weight excluding hydrogens is 284 g/mol. The lowest BCUT2D eigenvalue weighted by molar-refractivity contribution is 0.276. The first-order chi connectivity index (χ1) is 11.4. The maximum absolute atomic E-state index is 9.41. The first-order valence-corrected chi connectivity index (χ1v) is 7.88. The lowest BCUT2D eigenvalue weighted by Crippen LogP contribution is -2.07. The van der Waals surface area contributed by atoms with Gasteiger partial charge in [-0.1, -0.05) is 54.6 Å². The SMILES string of the molecule is OCCn1c(Cc2cccc3ccccc23)nc2ccccc21. The van der Waals surface area contributed by atoms with Crippen LogP contribution in [-0.4, -0.2) is 21.3 Å². The zero-order valence-electron chi connectivity index (χ0n) is 12.8. The largest absolute Gasteiger partial charge is 0.395 e. The fourth-order valence-electron chi connectivity index (χ4n) is 3.23. The minimum absolute atomic E-state index is 0.114. The summed E-state index contributed by atoms with van der Waals surface area (Å²) >= 11 is 0. The van der Waals surface area contributed by atoms with E-state index in [1.54, 1.807) is 0 Å². The molecule has 23 heavy (non-hydrogen) atoms. The third kappa shape index (κ3) is 2.49. The van der Waals surface area contributed by atoms with Gasteiger partial charge in [0.1, 0.15) is 5.82 Å². The molecule has 0 bridgehead atoms. The summed E-state index contributed by atoms with van der Waals surface area (Å²) in [5.41, 5.74) is 3.32. The quantitative estimate of drug-likeness (QED) is 0.623. The van der Waals surface area contributed by atoms with Crippen LogP contribution in [0.1, 0.15) is 11.4 Å². The predicted octanol–water partition coefficient (Wildman–Crippen LogP) is 3.77. The van der Waals surface area contributed by atoms with Gasteiger partial charge < -0.3 is 9.67 Å². The number of fused-ring (bicyclic) bond motifs is 2. The number of hydrogen-bond acceptors (Lipinski definition) is 2. The van der Waals surface area contributed by atoms with Gasteiger partial charge in [-0.2, -0.15) is 0 Å². The molecule has 0 amide bonds. The van der Waals surface area contributed by atoms with Gasteiger partial charge in [0.15, 0.2) is 0 Å². The van der Waals surface area contributed by atoms with E-state index < -0.39 is 0 Å². The molecule has 114 valence electrons. The van der Waals surface area contributed by atoms with Gasteiger partial charge in [0.25, 0.3) is 0 Å². The highest BCUT2D eigenvalue weighted by Gasteiger charge is 2.11. The summed E-state index contributed by atoms with van der Waals surface area (Å²) < 4.78 is 2.12. The molecule has 1 heterocycles. The molecule has 4 rings (SSSR count). The minimum Gasteiger partial charge on any atom is -0.395 e. The molecular formula is C20H18N2O. The van der Waals surface area contributed by atoms with Crippen LogP contribution < -0.4 is 0 Å². The summed E-state index contributed by atoms with van der Waals surface area (Å²) in [4.78, 5) is 4.79. The van der Waals surface area contributed by atoms with Gasteiger partial charge in [-0.05, 0) is 28.5 Å². The van der Waals surface area contributed by atoms with Crippen LogP contribution in [0.25, 0.3) is 21.8 Å². The average Bonchev–Trinajstić information content (AvgIpc) is 2.93. The average molecular weight is 302 g/mol. The van der Waals surface area contributed by atoms with Gasteiger partial charge >= 0.3 is 0 Å². The summed E-state index contributed by atoms with van der Waals surface area (Å²) in [7, 11) is 0. The Labute approximate surface area is 134 Å². The molecule has 3 heteroatoms. The maximum atomic E-state index is 9.41. The molecule has 3 nitrogen and oxygen atoms in total. The van der Waals surface area contributed by atoms with E-state index in [0.717, 1.165) is 23.3 Å². The van der Waals surface area contributed by atoms with E-state index in [1.807, 2.05) is 18.2 Å². The third-order valence-electron chi connectivity index (χ3n) is 4.29. The number of aliphatic hydroxyl groups is 1. The molecule has 0 aliphatic rings. The Hall–Kier alpha value is -2.65. The van der Waals surface area contributed by atoms with Gasteiger partial charge in [0, 0.05) is 13.0 Å². The van der Waals surface area contributed by atoms with Crippen molar-refractivity contribution in [3.05, 3.63) is 78.1 Å². The zero-order chi connectivity index (χ0) is 15.6. The molecule has 1 N–H and O–H groups in total. The fourth-order valence-corrected chi connectivity index (χ4v) is 3.23. The number of aliphatic hydroxyl groups excluding tert-OH is 1. The molecule has 0 aliphatic carbocycles. The summed E-state index contributed by atoms with van der Waals surface area (Å²) in [6, 6.07) is 22.9. The van der Waals surface area contributed by atoms with Gasteiger partial charge in [-0.3, -0.25) is 0 Å². The molecule has 0 fully saturated rings. The van der Waals surface area contributed by atoms with Gasteiger partial charge in [0.2, 0.25) is 0 Å². The predicted molar refractivity (Wildman–Crippen MR) is 93.6 cm³/mol. The number of imidazole rings is 1. The second-order valence-electron chi connectivity index (χ2n) is 5.71. The maximum Gasteiger partial charge on any atom is 0.114 e. The molecule has 0 radical (unpaired) electrons. The second kappa shape index (κ2) is 5.86. The van der Waals surface area contributed by atoms with E-state index in [-0.39, 0.29) is 6.61 Å². The summed E-state index contributed by atoms with van der Waals surface area (Å²) in [5, 5.41) is 11.9. The van der Waals surface area contributed by atoms with Crippen molar-refractivity contribution in [1.29, 1.82) is 0 Å². The van der Waals surface area contributed by atoms with Crippen LogP contribution in [0.3, 0.4) is 0 Å². The van der Waals surface area contributed by atoms with Crippen molar-refractivity contribution in [1.82, 2.24) is 9.55 Å². The van der Waals surface area contributed by atoms with E-state index in [4.69, 9.17) is 4.98 Å². The first kappa shape index (κ1) is 14.0. The minimum atomic E-state index is 0.114. The number of rotatable bonds is 4. The molecule has 0 saturated carbocycles. The lowest BCUT2D eigenvalue weighted by Gasteiger charge is -2.09. The van der Waals surface area contributed by atoms with Crippen LogP contribution in [0.15, 0.2) is 66.7 Å². The van der Waals surface area contributed by atoms with E-state index in [0.29, 0.717) is 6.54 Å². The van der Waals surface area contributed by atoms with Crippen molar-refractivity contribution in [2.24, 2.45) is 0 Å². The van der Waals surface area contributed by atoms with Crippen molar-refractivity contribution in [2.45, 2.75) is 13.0 Å². The van der Waals surface area contributed by atoms with Crippen molar-refractivity contribution in [3.63, 3.8) is 0 Å². The molecule has 0 atom stereocenters. The van der Waals surface area contributed by atoms with E-state index in [2.05, 4.69) is 53.1 Å². The molecule has 0 saturated heterocycles. The summed E-state index contributed by atoms with van der Waals surface area (Å²) in [6.45, 7) is 0.684. The molecule has 0 spiro atoms. The Kier molecular flexibility index (Phi) is 3.56. The van der Waals surface area contributed by atoms with Crippen LogP contribution in [-0.2, 0) is 13.0 Å². The molecule has 1 aromatic heterocycles. The Balaban J connectivity index is 1.84. The van der Waals surface area contributed by atoms with E-state index in [9.17, 15) is 5.11 Å². The number of benzene rings is 3. The van der Waals surface area contributed by atoms with Crippen molar-refractivity contribution < 1.29 is 5.11 Å². The number of para-hydroxylation sites is 2. The monoisotopic (exact) mass is 302 g/mol. The standard InChI is InChI=1S/C20H18N2O/c23-13-12-22-19-11-4-3-10-18(19)21-20(22)14-16-8-5-7-15-6-1-2-9-17(15)16/h1-11,23H,12-14H2. The Morgan fingerprint density at radius 3 is 2.57 bits per heavy atom. The third-order valence-corrected chi connectivity index (χ3v) is 4.29. The highest BCUT2D eigenvalue weighted by molar-refractivity contribution is 5.86. The summed E-state index contributed by atoms with van der Waals surface area (Å²) in [6.07, 6.45) is 0.760. The van der Waals surface area contributed by atoms with Crippen LogP contribution in [0.2, 0.25) is 0 Å². The molecule has 0 unspecified atom stereocenters. The van der Waals surface area contributed by atoms with E-state index >= 15 is 0 Å². The topological polar surface area (TPSA) is 38.0 Å². The van der Waals surface area contributed by atoms with Crippen LogP contribution >= 0.6 is 0 Å². The van der Waals surface area contributed by atoms with Crippen LogP contribution in [0, 0.1) is 0 Å². The highest BCUT2D eigenvalue weighted by Crippen LogP contribution is 2.23. The second-order valence-corrected chi connectivity index (χ2v) is 5.71. The molecule has 4 aromatic rings. The van der Waals surface area contributed by atoms with Gasteiger partial charge in [-0.15, -0.1) is 0 Å². The Bertz CT molecular complexity index is 966. The Morgan fingerprint density at radius 1 is 0.870 bits per heavy atom. The normalized spacial score (nSPS) is 11.3. The van der Waals surface area contributed by atoms with Crippen molar-refractivity contribution >= 4 is 21.8 Å². The Morgan fingerprint density at radius 2 is 1.65 bits per heavy atom. The van der Waals surface area contributed by atoms with Gasteiger partial charge in [0.05, 0.1) is 17.6 Å². The first-order valence-electron chi connectivity index (χ1n) is 7.88. The molecule has 3 aromatic carbocycles. The van der Waals surface area contributed by atoms with Crippen LogP contribution in [0.4, 0.5) is 0 Å². The zero-order valence-corrected chi connectivity index (χ0v) is 12.8. The summed E-state index contributed by atoms with van der Waals surface area (Å²) in [5.74, 6) is 0.997.